The topological polar surface area (TPSA) is 21.7 Å². The van der Waals surface area contributed by atoms with Gasteiger partial charge in [0.25, 0.3) is 0 Å². The molecule has 0 radical (unpaired) electrons. The predicted molar refractivity (Wildman–Crippen MR) is 50.6 cm³/mol. The van der Waals surface area contributed by atoms with E-state index < -0.39 is 0 Å². The third-order valence-electron chi connectivity index (χ3n) is 3.20. The molecule has 2 aliphatic rings. The van der Waals surface area contributed by atoms with Gasteiger partial charge in [0.1, 0.15) is 0 Å². The second-order valence-corrected chi connectivity index (χ2v) is 3.94. The van der Waals surface area contributed by atoms with E-state index in [1.54, 1.807) is 0 Å². The molecule has 2 aliphatic heterocycles. The summed E-state index contributed by atoms with van der Waals surface area (Å²) in [6.45, 7) is 8.05. The van der Waals surface area contributed by atoms with Gasteiger partial charge in [-0.1, -0.05) is 13.8 Å². The van der Waals surface area contributed by atoms with Crippen molar-refractivity contribution in [2.45, 2.75) is 38.5 Å². The van der Waals surface area contributed by atoms with Crippen LogP contribution in [0.15, 0.2) is 0 Å². The Bertz CT molecular complexity index is 164. The molecule has 2 saturated heterocycles. The first-order chi connectivity index (χ1) is 6.29. The summed E-state index contributed by atoms with van der Waals surface area (Å²) in [4.78, 5) is 2.46. The molecule has 2 fully saturated rings. The maximum absolute atomic E-state index is 5.70. The molecule has 3 heteroatoms. The first-order valence-electron chi connectivity index (χ1n) is 5.31. The Labute approximate surface area is 80.0 Å². The van der Waals surface area contributed by atoms with Crippen LogP contribution in [0.3, 0.4) is 0 Å². The van der Waals surface area contributed by atoms with Crippen LogP contribution in [0, 0.1) is 0 Å². The van der Waals surface area contributed by atoms with E-state index in [9.17, 15) is 0 Å². The molecule has 76 valence electrons. The molecule has 0 aromatic carbocycles. The van der Waals surface area contributed by atoms with E-state index >= 15 is 0 Å². The minimum Gasteiger partial charge on any atom is -0.346 e. The van der Waals surface area contributed by atoms with Crippen LogP contribution in [-0.4, -0.2) is 43.0 Å². The molecule has 0 saturated carbocycles. The van der Waals surface area contributed by atoms with E-state index in [0.717, 1.165) is 32.7 Å². The van der Waals surface area contributed by atoms with Gasteiger partial charge in [0.2, 0.25) is 0 Å². The summed E-state index contributed by atoms with van der Waals surface area (Å²) >= 11 is 0. The van der Waals surface area contributed by atoms with Gasteiger partial charge >= 0.3 is 0 Å². The summed E-state index contributed by atoms with van der Waals surface area (Å²) < 4.78 is 11.4. The zero-order chi connectivity index (χ0) is 9.31. The minimum absolute atomic E-state index is 0.239. The number of likely N-dealkylation sites (N-methyl/N-ethyl adjacent to an activating group) is 1. The number of nitrogens with zero attached hydrogens (tertiary/aromatic N) is 1. The highest BCUT2D eigenvalue weighted by Gasteiger charge is 2.46. The van der Waals surface area contributed by atoms with Gasteiger partial charge in [-0.3, -0.25) is 4.90 Å². The highest BCUT2D eigenvalue weighted by atomic mass is 16.7. The summed E-state index contributed by atoms with van der Waals surface area (Å²) in [6.07, 6.45) is 2.25. The lowest BCUT2D eigenvalue weighted by atomic mass is 10.1. The standard InChI is InChI=1S/C10H19NO2/c1-3-9-7-10(8-11(9)4-2)12-5-6-13-10/h9H,3-8H2,1-2H3. The van der Waals surface area contributed by atoms with Crippen LogP contribution in [0.25, 0.3) is 0 Å². The smallest absolute Gasteiger partial charge is 0.182 e. The van der Waals surface area contributed by atoms with Crippen LogP contribution in [0.4, 0.5) is 0 Å². The fourth-order valence-electron chi connectivity index (χ4n) is 2.47. The van der Waals surface area contributed by atoms with E-state index in [1.165, 1.54) is 6.42 Å². The number of hydrogen-bond acceptors (Lipinski definition) is 3. The molecular formula is C10H19NO2. The third kappa shape index (κ3) is 1.60. The molecule has 0 aromatic heterocycles. The Morgan fingerprint density at radius 1 is 1.31 bits per heavy atom. The van der Waals surface area contributed by atoms with Crippen molar-refractivity contribution in [2.24, 2.45) is 0 Å². The zero-order valence-electron chi connectivity index (χ0n) is 8.58. The zero-order valence-corrected chi connectivity index (χ0v) is 8.58. The largest absolute Gasteiger partial charge is 0.346 e. The third-order valence-corrected chi connectivity index (χ3v) is 3.20. The normalized spacial score (nSPS) is 33.2. The lowest BCUT2D eigenvalue weighted by Gasteiger charge is -2.21. The van der Waals surface area contributed by atoms with Gasteiger partial charge in [0, 0.05) is 12.5 Å². The SMILES string of the molecule is CCC1CC2(CN1CC)OCCO2. The predicted octanol–water partition coefficient (Wildman–Crippen LogP) is 1.23. The van der Waals surface area contributed by atoms with E-state index in [0.29, 0.717) is 6.04 Å². The van der Waals surface area contributed by atoms with Gasteiger partial charge in [-0.05, 0) is 13.0 Å². The number of likely N-dealkylation sites (tertiary alicyclic amines) is 1. The second kappa shape index (κ2) is 3.56. The van der Waals surface area contributed by atoms with Crippen molar-refractivity contribution in [1.82, 2.24) is 4.90 Å². The van der Waals surface area contributed by atoms with E-state index in [-0.39, 0.29) is 5.79 Å². The van der Waals surface area contributed by atoms with Crippen LogP contribution < -0.4 is 0 Å². The van der Waals surface area contributed by atoms with Crippen LogP contribution in [0.1, 0.15) is 26.7 Å². The van der Waals surface area contributed by atoms with Crippen LogP contribution in [0.5, 0.6) is 0 Å². The Kier molecular flexibility index (Phi) is 2.58. The molecule has 0 N–H and O–H groups in total. The molecule has 0 amide bonds. The summed E-state index contributed by atoms with van der Waals surface area (Å²) in [5.41, 5.74) is 0. The lowest BCUT2D eigenvalue weighted by Crippen LogP contribution is -2.34. The second-order valence-electron chi connectivity index (χ2n) is 3.94. The minimum atomic E-state index is -0.239. The van der Waals surface area contributed by atoms with Crippen LogP contribution >= 0.6 is 0 Å². The summed E-state index contributed by atoms with van der Waals surface area (Å²) in [5, 5.41) is 0. The number of ether oxygens (including phenoxy) is 2. The van der Waals surface area contributed by atoms with Gasteiger partial charge in [0.15, 0.2) is 5.79 Å². The fourth-order valence-corrected chi connectivity index (χ4v) is 2.47. The Balaban J connectivity index is 2.03. The first kappa shape index (κ1) is 9.44. The average Bonchev–Trinajstić information content (AvgIpc) is 2.74. The summed E-state index contributed by atoms with van der Waals surface area (Å²) in [5.74, 6) is -0.239. The molecule has 0 aromatic rings. The average molecular weight is 185 g/mol. The monoisotopic (exact) mass is 185 g/mol. The van der Waals surface area contributed by atoms with Gasteiger partial charge in [-0.25, -0.2) is 0 Å². The highest BCUT2D eigenvalue weighted by molar-refractivity contribution is 4.92. The van der Waals surface area contributed by atoms with E-state index in [1.807, 2.05) is 0 Å². The Morgan fingerprint density at radius 2 is 2.00 bits per heavy atom. The lowest BCUT2D eigenvalue weighted by molar-refractivity contribution is -0.145. The molecule has 1 atom stereocenters. The maximum Gasteiger partial charge on any atom is 0.182 e. The molecule has 2 heterocycles. The van der Waals surface area contributed by atoms with Crippen molar-refractivity contribution in [3.05, 3.63) is 0 Å². The molecule has 1 unspecified atom stereocenters. The summed E-state index contributed by atoms with van der Waals surface area (Å²) in [7, 11) is 0. The van der Waals surface area contributed by atoms with Crippen molar-refractivity contribution in [3.8, 4) is 0 Å². The Morgan fingerprint density at radius 3 is 2.46 bits per heavy atom. The number of hydrogen-bond donors (Lipinski definition) is 0. The number of rotatable bonds is 2. The molecule has 2 rings (SSSR count). The van der Waals surface area contributed by atoms with E-state index in [2.05, 4.69) is 18.7 Å². The Hall–Kier alpha value is -0.120. The molecular weight excluding hydrogens is 166 g/mol. The molecule has 13 heavy (non-hydrogen) atoms. The fraction of sp³-hybridized carbons (Fsp3) is 1.00. The molecule has 3 nitrogen and oxygen atoms in total. The van der Waals surface area contributed by atoms with Crippen molar-refractivity contribution in [3.63, 3.8) is 0 Å². The molecule has 1 spiro atoms. The molecule has 0 aliphatic carbocycles. The quantitative estimate of drug-likeness (QED) is 0.646. The molecule has 0 bridgehead atoms. The van der Waals surface area contributed by atoms with Gasteiger partial charge in [0.05, 0.1) is 19.8 Å². The van der Waals surface area contributed by atoms with Crippen LogP contribution in [-0.2, 0) is 9.47 Å². The van der Waals surface area contributed by atoms with Crippen molar-refractivity contribution in [2.75, 3.05) is 26.3 Å². The van der Waals surface area contributed by atoms with Gasteiger partial charge < -0.3 is 9.47 Å². The van der Waals surface area contributed by atoms with Crippen LogP contribution in [0.2, 0.25) is 0 Å². The maximum atomic E-state index is 5.70. The van der Waals surface area contributed by atoms with Gasteiger partial charge in [-0.2, -0.15) is 0 Å². The van der Waals surface area contributed by atoms with E-state index in [4.69, 9.17) is 9.47 Å². The first-order valence-corrected chi connectivity index (χ1v) is 5.31. The van der Waals surface area contributed by atoms with Gasteiger partial charge in [-0.15, -0.1) is 0 Å². The highest BCUT2D eigenvalue weighted by Crippen LogP contribution is 2.35. The van der Waals surface area contributed by atoms with Crippen molar-refractivity contribution in [1.29, 1.82) is 0 Å². The summed E-state index contributed by atoms with van der Waals surface area (Å²) in [6, 6.07) is 0.656. The van der Waals surface area contributed by atoms with Crippen molar-refractivity contribution >= 4 is 0 Å². The van der Waals surface area contributed by atoms with Crippen molar-refractivity contribution < 1.29 is 9.47 Å².